The van der Waals surface area contributed by atoms with E-state index in [2.05, 4.69) is 116 Å². The van der Waals surface area contributed by atoms with E-state index in [-0.39, 0.29) is 0 Å². The summed E-state index contributed by atoms with van der Waals surface area (Å²) in [5.41, 5.74) is 12.8. The number of nitrogens with one attached hydrogen (secondary N) is 1. The van der Waals surface area contributed by atoms with E-state index in [1.54, 1.807) is 0 Å². The highest BCUT2D eigenvalue weighted by atomic mass is 14.7. The molecule has 0 saturated heterocycles. The molecule has 33 heavy (non-hydrogen) atoms. The Hall–Kier alpha value is -3.84. The zero-order valence-corrected chi connectivity index (χ0v) is 19.2. The van der Waals surface area contributed by atoms with Gasteiger partial charge in [-0.25, -0.2) is 0 Å². The van der Waals surface area contributed by atoms with Crippen molar-refractivity contribution in [1.82, 2.24) is 4.98 Å². The van der Waals surface area contributed by atoms with Crippen molar-refractivity contribution in [1.29, 1.82) is 0 Å². The minimum atomic E-state index is 1.12. The highest BCUT2D eigenvalue weighted by Crippen LogP contribution is 2.38. The predicted molar refractivity (Wildman–Crippen MR) is 143 cm³/mol. The molecule has 1 aliphatic rings. The third-order valence-corrected chi connectivity index (χ3v) is 6.99. The topological polar surface area (TPSA) is 15.8 Å². The smallest absolute Gasteiger partial charge is 0.0467 e. The first kappa shape index (κ1) is 19.8. The van der Waals surface area contributed by atoms with Gasteiger partial charge in [0.25, 0.3) is 0 Å². The first-order valence-corrected chi connectivity index (χ1v) is 11.8. The van der Waals surface area contributed by atoms with Gasteiger partial charge in [0.2, 0.25) is 0 Å². The molecular formula is C32H27N. The fourth-order valence-electron chi connectivity index (χ4n) is 5.19. The van der Waals surface area contributed by atoms with Crippen LogP contribution in [-0.2, 0) is 0 Å². The summed E-state index contributed by atoms with van der Waals surface area (Å²) in [5.74, 6) is 0. The van der Waals surface area contributed by atoms with Crippen LogP contribution in [0.15, 0.2) is 97.1 Å². The van der Waals surface area contributed by atoms with Crippen molar-refractivity contribution in [3.05, 3.63) is 114 Å². The third-order valence-electron chi connectivity index (χ3n) is 6.99. The summed E-state index contributed by atoms with van der Waals surface area (Å²) in [6, 6.07) is 28.8. The maximum atomic E-state index is 3.64. The lowest BCUT2D eigenvalue weighted by Crippen LogP contribution is -1.92. The normalized spacial score (nSPS) is 13.6. The number of allylic oxidation sites excluding steroid dienone is 4. The van der Waals surface area contributed by atoms with Crippen LogP contribution in [0.1, 0.15) is 29.5 Å². The van der Waals surface area contributed by atoms with Gasteiger partial charge in [0.05, 0.1) is 0 Å². The second-order valence-electron chi connectivity index (χ2n) is 9.08. The molecule has 1 nitrogen and oxygen atoms in total. The van der Waals surface area contributed by atoms with Gasteiger partial charge in [-0.2, -0.15) is 0 Å². The molecule has 0 fully saturated rings. The summed E-state index contributed by atoms with van der Waals surface area (Å²) < 4.78 is 0. The molecule has 0 amide bonds. The number of benzene rings is 4. The number of hydrogen-bond donors (Lipinski definition) is 1. The van der Waals surface area contributed by atoms with Crippen LogP contribution < -0.4 is 0 Å². The Morgan fingerprint density at radius 3 is 2.30 bits per heavy atom. The second-order valence-corrected chi connectivity index (χ2v) is 9.08. The maximum absolute atomic E-state index is 3.64. The highest BCUT2D eigenvalue weighted by molar-refractivity contribution is 6.12. The Morgan fingerprint density at radius 1 is 0.667 bits per heavy atom. The van der Waals surface area contributed by atoms with Gasteiger partial charge >= 0.3 is 0 Å². The summed E-state index contributed by atoms with van der Waals surface area (Å²) in [6.45, 7) is 4.49. The van der Waals surface area contributed by atoms with Crippen molar-refractivity contribution in [2.24, 2.45) is 0 Å². The molecule has 5 aromatic rings. The van der Waals surface area contributed by atoms with Crippen LogP contribution in [0.5, 0.6) is 0 Å². The Morgan fingerprint density at radius 2 is 1.48 bits per heavy atom. The molecule has 0 saturated carbocycles. The molecule has 0 aliphatic heterocycles. The zero-order chi connectivity index (χ0) is 22.4. The first-order valence-electron chi connectivity index (χ1n) is 11.8. The number of hydrogen-bond acceptors (Lipinski definition) is 0. The van der Waals surface area contributed by atoms with E-state index in [0.717, 1.165) is 12.8 Å². The molecule has 0 radical (unpaired) electrons. The Bertz CT molecular complexity index is 1560. The van der Waals surface area contributed by atoms with Gasteiger partial charge in [0, 0.05) is 21.8 Å². The maximum Gasteiger partial charge on any atom is 0.0467 e. The number of fused-ring (bicyclic) bond motifs is 3. The van der Waals surface area contributed by atoms with Gasteiger partial charge < -0.3 is 4.98 Å². The number of aromatic amines is 1. The van der Waals surface area contributed by atoms with Gasteiger partial charge in [0.1, 0.15) is 0 Å². The summed E-state index contributed by atoms with van der Waals surface area (Å²) in [7, 11) is 0. The van der Waals surface area contributed by atoms with E-state index in [1.807, 2.05) is 0 Å². The molecule has 1 heteroatoms. The molecule has 0 atom stereocenters. The van der Waals surface area contributed by atoms with Gasteiger partial charge in [0.15, 0.2) is 0 Å². The summed E-state index contributed by atoms with van der Waals surface area (Å²) >= 11 is 0. The average molecular weight is 426 g/mol. The molecule has 0 bridgehead atoms. The lowest BCUT2D eigenvalue weighted by molar-refractivity contribution is 1.04. The highest BCUT2D eigenvalue weighted by Gasteiger charge is 2.14. The molecular weight excluding hydrogens is 398 g/mol. The van der Waals surface area contributed by atoms with Crippen LogP contribution in [0, 0.1) is 13.8 Å². The Labute approximate surface area is 195 Å². The van der Waals surface area contributed by atoms with Crippen LogP contribution in [0.4, 0.5) is 0 Å². The van der Waals surface area contributed by atoms with E-state index in [4.69, 9.17) is 0 Å². The molecule has 4 aromatic carbocycles. The van der Waals surface area contributed by atoms with Crippen molar-refractivity contribution in [2.75, 3.05) is 0 Å². The van der Waals surface area contributed by atoms with E-state index in [9.17, 15) is 0 Å². The van der Waals surface area contributed by atoms with Crippen molar-refractivity contribution in [2.45, 2.75) is 26.7 Å². The average Bonchev–Trinajstić information content (AvgIpc) is 3.24. The van der Waals surface area contributed by atoms with E-state index in [1.165, 1.54) is 66.3 Å². The summed E-state index contributed by atoms with van der Waals surface area (Å²) in [6.07, 6.45) is 9.17. The van der Waals surface area contributed by atoms with Crippen LogP contribution in [0.25, 0.3) is 49.6 Å². The quantitative estimate of drug-likeness (QED) is 0.297. The van der Waals surface area contributed by atoms with Crippen LogP contribution in [-0.4, -0.2) is 4.98 Å². The largest absolute Gasteiger partial charge is 0.355 e. The molecule has 6 rings (SSSR count). The molecule has 0 unspecified atom stereocenters. The summed E-state index contributed by atoms with van der Waals surface area (Å²) in [4.78, 5) is 3.64. The molecule has 1 aromatic heterocycles. The van der Waals surface area contributed by atoms with Gasteiger partial charge in [-0.15, -0.1) is 0 Å². The zero-order valence-electron chi connectivity index (χ0n) is 19.2. The second kappa shape index (κ2) is 7.94. The Kier molecular flexibility index (Phi) is 4.77. The minimum absolute atomic E-state index is 1.12. The van der Waals surface area contributed by atoms with Gasteiger partial charge in [-0.3, -0.25) is 0 Å². The predicted octanol–water partition coefficient (Wildman–Crippen LogP) is 9.01. The van der Waals surface area contributed by atoms with Crippen LogP contribution in [0.2, 0.25) is 0 Å². The van der Waals surface area contributed by atoms with Crippen molar-refractivity contribution in [3.63, 3.8) is 0 Å². The van der Waals surface area contributed by atoms with Crippen LogP contribution >= 0.6 is 0 Å². The van der Waals surface area contributed by atoms with E-state index in [0.29, 0.717) is 0 Å². The lowest BCUT2D eigenvalue weighted by Gasteiger charge is -2.14. The number of rotatable bonds is 3. The fourth-order valence-corrected chi connectivity index (χ4v) is 5.19. The Balaban J connectivity index is 1.54. The molecule has 1 heterocycles. The minimum Gasteiger partial charge on any atom is -0.355 e. The standard InChI is InChI=1S/C32H27N/c1-21-13-14-25(23-9-5-3-6-10-23)19-28(21)27-16-18-31-32(22(27)2)29-20-26(15-17-30(29)33-31)24-11-7-4-8-12-24/h4-5,7-20,33H,3,6H2,1-2H3. The molecule has 1 aliphatic carbocycles. The first-order chi connectivity index (χ1) is 16.2. The van der Waals surface area contributed by atoms with Gasteiger partial charge in [-0.05, 0) is 95.5 Å². The molecule has 1 N–H and O–H groups in total. The molecule has 160 valence electrons. The lowest BCUT2D eigenvalue weighted by atomic mass is 9.90. The van der Waals surface area contributed by atoms with Crippen molar-refractivity contribution < 1.29 is 0 Å². The SMILES string of the molecule is Cc1ccc(C2=CCCC=C2)cc1-c1ccc2[nH]c3ccc(-c4ccccc4)cc3c2c1C. The number of H-pyrrole nitrogens is 1. The van der Waals surface area contributed by atoms with Crippen molar-refractivity contribution >= 4 is 27.4 Å². The van der Waals surface area contributed by atoms with Crippen molar-refractivity contribution in [3.8, 4) is 22.3 Å². The summed E-state index contributed by atoms with van der Waals surface area (Å²) in [5, 5.41) is 2.61. The fraction of sp³-hybridized carbons (Fsp3) is 0.125. The van der Waals surface area contributed by atoms with E-state index < -0.39 is 0 Å². The number of aromatic nitrogens is 1. The third kappa shape index (κ3) is 3.41. The van der Waals surface area contributed by atoms with E-state index >= 15 is 0 Å². The molecule has 0 spiro atoms. The monoisotopic (exact) mass is 425 g/mol. The van der Waals surface area contributed by atoms with Gasteiger partial charge in [-0.1, -0.05) is 72.8 Å². The van der Waals surface area contributed by atoms with Crippen LogP contribution in [0.3, 0.4) is 0 Å². The number of aryl methyl sites for hydroxylation is 2.